The first kappa shape index (κ1) is 16.9. The Morgan fingerprint density at radius 3 is 2.80 bits per heavy atom. The molecule has 1 amide bonds. The van der Waals surface area contributed by atoms with Crippen molar-refractivity contribution in [2.75, 3.05) is 17.8 Å². The molecule has 0 radical (unpaired) electrons. The van der Waals surface area contributed by atoms with Crippen LogP contribution in [-0.2, 0) is 9.53 Å². The molecule has 0 saturated heterocycles. The smallest absolute Gasteiger partial charge is 0.343 e. The molecule has 1 N–H and O–H groups in total. The van der Waals surface area contributed by atoms with E-state index in [0.717, 1.165) is 10.9 Å². The van der Waals surface area contributed by atoms with Gasteiger partial charge in [-0.15, -0.1) is 11.6 Å². The van der Waals surface area contributed by atoms with Gasteiger partial charge in [0.05, 0.1) is 18.3 Å². The van der Waals surface area contributed by atoms with Crippen molar-refractivity contribution in [3.05, 3.63) is 48.2 Å². The standard InChI is InChI=1S/C17H15ClN4O3/c1-2-25-17(24)12-10-19-22(16(12)21-15(23)9-18)14-8-7-11-5-3-4-6-13(11)20-14/h3-8,10H,2,9H2,1H3,(H,21,23). The molecule has 7 nitrogen and oxygen atoms in total. The lowest BCUT2D eigenvalue weighted by atomic mass is 10.2. The highest BCUT2D eigenvalue weighted by Gasteiger charge is 2.21. The summed E-state index contributed by atoms with van der Waals surface area (Å²) in [6.07, 6.45) is 1.33. The number of fused-ring (bicyclic) bond motifs is 1. The number of nitrogens with zero attached hydrogens (tertiary/aromatic N) is 3. The average Bonchev–Trinajstić information content (AvgIpc) is 3.05. The van der Waals surface area contributed by atoms with Gasteiger partial charge in [-0.1, -0.05) is 18.2 Å². The van der Waals surface area contributed by atoms with E-state index in [2.05, 4.69) is 15.4 Å². The maximum Gasteiger partial charge on any atom is 0.343 e. The molecular formula is C17H15ClN4O3. The summed E-state index contributed by atoms with van der Waals surface area (Å²) in [5.74, 6) is -0.668. The second-order valence-corrected chi connectivity index (χ2v) is 5.35. The van der Waals surface area contributed by atoms with Crippen molar-refractivity contribution < 1.29 is 14.3 Å². The topological polar surface area (TPSA) is 86.1 Å². The van der Waals surface area contributed by atoms with Crippen molar-refractivity contribution in [2.45, 2.75) is 6.92 Å². The largest absolute Gasteiger partial charge is 0.462 e. The number of hydrogen-bond donors (Lipinski definition) is 1. The number of alkyl halides is 1. The lowest BCUT2D eigenvalue weighted by Crippen LogP contribution is -2.19. The van der Waals surface area contributed by atoms with Gasteiger partial charge in [-0.3, -0.25) is 4.79 Å². The van der Waals surface area contributed by atoms with Crippen LogP contribution in [0.15, 0.2) is 42.6 Å². The van der Waals surface area contributed by atoms with E-state index in [1.165, 1.54) is 10.9 Å². The molecule has 0 unspecified atom stereocenters. The summed E-state index contributed by atoms with van der Waals surface area (Å²) in [6, 6.07) is 11.2. The van der Waals surface area contributed by atoms with Crippen LogP contribution in [-0.4, -0.2) is 39.1 Å². The summed E-state index contributed by atoms with van der Waals surface area (Å²) < 4.78 is 6.38. The van der Waals surface area contributed by atoms with Crippen molar-refractivity contribution in [1.82, 2.24) is 14.8 Å². The molecule has 0 fully saturated rings. The molecule has 25 heavy (non-hydrogen) atoms. The van der Waals surface area contributed by atoms with Crippen molar-refractivity contribution in [3.8, 4) is 5.82 Å². The molecule has 2 aromatic heterocycles. The van der Waals surface area contributed by atoms with Gasteiger partial charge in [-0.05, 0) is 25.1 Å². The number of para-hydroxylation sites is 1. The van der Waals surface area contributed by atoms with Gasteiger partial charge in [0.15, 0.2) is 11.6 Å². The minimum atomic E-state index is -0.584. The number of amides is 1. The molecule has 128 valence electrons. The van der Waals surface area contributed by atoms with Gasteiger partial charge in [-0.25, -0.2) is 9.78 Å². The normalized spacial score (nSPS) is 10.6. The Morgan fingerprint density at radius 2 is 2.04 bits per heavy atom. The minimum Gasteiger partial charge on any atom is -0.462 e. The van der Waals surface area contributed by atoms with Crippen LogP contribution in [0.3, 0.4) is 0 Å². The number of hydrogen-bond acceptors (Lipinski definition) is 5. The zero-order valence-corrected chi connectivity index (χ0v) is 14.2. The average molecular weight is 359 g/mol. The highest BCUT2D eigenvalue weighted by atomic mass is 35.5. The number of anilines is 1. The van der Waals surface area contributed by atoms with Crippen LogP contribution in [0.5, 0.6) is 0 Å². The molecule has 3 rings (SSSR count). The predicted octanol–water partition coefficient (Wildman–Crippen LogP) is 2.77. The fraction of sp³-hybridized carbons (Fsp3) is 0.176. The van der Waals surface area contributed by atoms with Gasteiger partial charge < -0.3 is 10.1 Å². The van der Waals surface area contributed by atoms with Crippen LogP contribution in [0.25, 0.3) is 16.7 Å². The highest BCUT2D eigenvalue weighted by molar-refractivity contribution is 6.29. The summed E-state index contributed by atoms with van der Waals surface area (Å²) in [6.45, 7) is 1.91. The maximum absolute atomic E-state index is 12.1. The summed E-state index contributed by atoms with van der Waals surface area (Å²) >= 11 is 5.56. The number of nitrogens with one attached hydrogen (secondary N) is 1. The minimum absolute atomic E-state index is 0.135. The molecule has 0 aliphatic rings. The number of rotatable bonds is 5. The summed E-state index contributed by atoms with van der Waals surface area (Å²) in [4.78, 5) is 28.4. The van der Waals surface area contributed by atoms with Crippen LogP contribution in [0, 0.1) is 0 Å². The molecule has 3 aromatic rings. The first-order chi connectivity index (χ1) is 12.1. The number of aromatic nitrogens is 3. The Morgan fingerprint density at radius 1 is 1.24 bits per heavy atom. The molecule has 8 heteroatoms. The third-order valence-electron chi connectivity index (χ3n) is 3.44. The number of ether oxygens (including phenoxy) is 1. The number of esters is 1. The molecule has 0 aliphatic heterocycles. The monoisotopic (exact) mass is 358 g/mol. The third-order valence-corrected chi connectivity index (χ3v) is 3.69. The fourth-order valence-corrected chi connectivity index (χ4v) is 2.41. The summed E-state index contributed by atoms with van der Waals surface area (Å²) in [7, 11) is 0. The summed E-state index contributed by atoms with van der Waals surface area (Å²) in [5, 5.41) is 7.73. The molecule has 0 saturated carbocycles. The number of halogens is 1. The molecule has 0 aliphatic carbocycles. The first-order valence-electron chi connectivity index (χ1n) is 7.61. The van der Waals surface area contributed by atoms with Crippen LogP contribution in [0.2, 0.25) is 0 Å². The molecule has 0 atom stereocenters. The Labute approximate surface area is 148 Å². The van der Waals surface area contributed by atoms with E-state index in [9.17, 15) is 9.59 Å². The first-order valence-corrected chi connectivity index (χ1v) is 8.14. The molecular weight excluding hydrogens is 344 g/mol. The molecule has 0 bridgehead atoms. The van der Waals surface area contributed by atoms with Gasteiger partial charge in [0.2, 0.25) is 5.91 Å². The zero-order chi connectivity index (χ0) is 17.8. The fourth-order valence-electron chi connectivity index (χ4n) is 2.34. The van der Waals surface area contributed by atoms with Gasteiger partial charge >= 0.3 is 5.97 Å². The van der Waals surface area contributed by atoms with E-state index < -0.39 is 11.9 Å². The van der Waals surface area contributed by atoms with E-state index in [-0.39, 0.29) is 23.9 Å². The molecule has 0 spiro atoms. The lowest BCUT2D eigenvalue weighted by molar-refractivity contribution is -0.114. The zero-order valence-electron chi connectivity index (χ0n) is 13.4. The number of carbonyl (C=O) groups is 2. The van der Waals surface area contributed by atoms with E-state index in [1.807, 2.05) is 30.3 Å². The van der Waals surface area contributed by atoms with Gasteiger partial charge in [0, 0.05) is 5.39 Å². The Balaban J connectivity index is 2.09. The van der Waals surface area contributed by atoms with Crippen molar-refractivity contribution >= 4 is 40.2 Å². The van der Waals surface area contributed by atoms with Crippen molar-refractivity contribution in [3.63, 3.8) is 0 Å². The SMILES string of the molecule is CCOC(=O)c1cnn(-c2ccc3ccccc3n2)c1NC(=O)CCl. The lowest BCUT2D eigenvalue weighted by Gasteiger charge is -2.10. The highest BCUT2D eigenvalue weighted by Crippen LogP contribution is 2.22. The predicted molar refractivity (Wildman–Crippen MR) is 94.2 cm³/mol. The maximum atomic E-state index is 12.1. The Bertz CT molecular complexity index is 939. The summed E-state index contributed by atoms with van der Waals surface area (Å²) in [5.41, 5.74) is 0.901. The Hall–Kier alpha value is -2.93. The number of carbonyl (C=O) groups excluding carboxylic acids is 2. The van der Waals surface area contributed by atoms with Crippen molar-refractivity contribution in [2.24, 2.45) is 0 Å². The van der Waals surface area contributed by atoms with Gasteiger partial charge in [0.25, 0.3) is 0 Å². The number of pyridine rings is 1. The number of benzene rings is 1. The van der Waals surface area contributed by atoms with Crippen molar-refractivity contribution in [1.29, 1.82) is 0 Å². The van der Waals surface area contributed by atoms with Crippen LogP contribution >= 0.6 is 11.6 Å². The van der Waals surface area contributed by atoms with Crippen LogP contribution in [0.1, 0.15) is 17.3 Å². The van der Waals surface area contributed by atoms with Gasteiger partial charge in [-0.2, -0.15) is 9.78 Å². The van der Waals surface area contributed by atoms with E-state index in [0.29, 0.717) is 5.82 Å². The van der Waals surface area contributed by atoms with E-state index >= 15 is 0 Å². The molecule has 2 heterocycles. The van der Waals surface area contributed by atoms with Crippen LogP contribution < -0.4 is 5.32 Å². The molecule has 1 aromatic carbocycles. The third kappa shape index (κ3) is 3.46. The van der Waals surface area contributed by atoms with Crippen LogP contribution in [0.4, 0.5) is 5.82 Å². The second-order valence-electron chi connectivity index (χ2n) is 5.08. The Kier molecular flexibility index (Phi) is 4.95. The quantitative estimate of drug-likeness (QED) is 0.560. The second kappa shape index (κ2) is 7.31. The van der Waals surface area contributed by atoms with Gasteiger partial charge in [0.1, 0.15) is 11.4 Å². The van der Waals surface area contributed by atoms with E-state index in [4.69, 9.17) is 16.3 Å². The van der Waals surface area contributed by atoms with E-state index in [1.54, 1.807) is 13.0 Å².